The molecule has 0 amide bonds. The van der Waals surface area contributed by atoms with Crippen molar-refractivity contribution in [3.8, 4) is 16.9 Å². The van der Waals surface area contributed by atoms with E-state index >= 15 is 0 Å². The van der Waals surface area contributed by atoms with Gasteiger partial charge in [0.2, 0.25) is 0 Å². The maximum Gasteiger partial charge on any atom is 0.337 e. The van der Waals surface area contributed by atoms with Gasteiger partial charge < -0.3 is 15.6 Å². The molecule has 0 bridgehead atoms. The number of aromatic carboxylic acids is 1. The second kappa shape index (κ2) is 4.97. The quantitative estimate of drug-likeness (QED) is 0.833. The summed E-state index contributed by atoms with van der Waals surface area (Å²) in [5, 5.41) is 8.88. The zero-order chi connectivity index (χ0) is 14.0. The Labute approximate surface area is 109 Å². The van der Waals surface area contributed by atoms with Crippen molar-refractivity contribution in [1.29, 1.82) is 0 Å². The Morgan fingerprint density at radius 3 is 2.53 bits per heavy atom. The second-order valence-corrected chi connectivity index (χ2v) is 3.95. The molecule has 4 nitrogen and oxygen atoms in total. The van der Waals surface area contributed by atoms with Crippen LogP contribution in [0.3, 0.4) is 0 Å². The lowest BCUT2D eigenvalue weighted by molar-refractivity contribution is 0.0698. The third-order valence-corrected chi connectivity index (χ3v) is 2.77. The highest BCUT2D eigenvalue weighted by molar-refractivity contribution is 5.94. The van der Waals surface area contributed by atoms with Gasteiger partial charge >= 0.3 is 5.97 Å². The standard InChI is InChI=1S/C14H12FNO3/c1-19-9-3-5-10(12(15)7-9)8-2-4-11(14(17)18)13(16)6-8/h2-7H,16H2,1H3,(H,17,18). The molecular weight excluding hydrogens is 249 g/mol. The zero-order valence-electron chi connectivity index (χ0n) is 10.2. The number of benzene rings is 2. The minimum absolute atomic E-state index is 0.00216. The van der Waals surface area contributed by atoms with Crippen LogP contribution >= 0.6 is 0 Å². The van der Waals surface area contributed by atoms with E-state index in [2.05, 4.69) is 0 Å². The molecule has 3 N–H and O–H groups in total. The number of nitrogen functional groups attached to an aromatic ring is 1. The number of hydrogen-bond donors (Lipinski definition) is 2. The van der Waals surface area contributed by atoms with Gasteiger partial charge in [0.1, 0.15) is 11.6 Å². The third kappa shape index (κ3) is 2.49. The van der Waals surface area contributed by atoms with Crippen molar-refractivity contribution in [2.45, 2.75) is 0 Å². The fraction of sp³-hybridized carbons (Fsp3) is 0.0714. The lowest BCUT2D eigenvalue weighted by Crippen LogP contribution is -2.02. The predicted molar refractivity (Wildman–Crippen MR) is 69.8 cm³/mol. The molecule has 2 rings (SSSR count). The molecule has 2 aromatic carbocycles. The van der Waals surface area contributed by atoms with Crippen molar-refractivity contribution in [1.82, 2.24) is 0 Å². The van der Waals surface area contributed by atoms with Gasteiger partial charge in [-0.3, -0.25) is 0 Å². The van der Waals surface area contributed by atoms with Gasteiger partial charge in [0.15, 0.2) is 0 Å². The van der Waals surface area contributed by atoms with E-state index in [9.17, 15) is 9.18 Å². The van der Waals surface area contributed by atoms with Gasteiger partial charge in [-0.25, -0.2) is 9.18 Å². The van der Waals surface area contributed by atoms with E-state index in [4.69, 9.17) is 15.6 Å². The molecule has 0 aromatic heterocycles. The van der Waals surface area contributed by atoms with E-state index in [1.807, 2.05) is 0 Å². The van der Waals surface area contributed by atoms with E-state index in [-0.39, 0.29) is 11.3 Å². The first-order valence-electron chi connectivity index (χ1n) is 5.49. The number of hydrogen-bond acceptors (Lipinski definition) is 3. The summed E-state index contributed by atoms with van der Waals surface area (Å²) in [6, 6.07) is 8.76. The monoisotopic (exact) mass is 261 g/mol. The molecule has 0 saturated carbocycles. The normalized spacial score (nSPS) is 10.2. The molecule has 2 aromatic rings. The van der Waals surface area contributed by atoms with Crippen LogP contribution in [0.1, 0.15) is 10.4 Å². The van der Waals surface area contributed by atoms with Gasteiger partial charge in [-0.15, -0.1) is 0 Å². The minimum atomic E-state index is -1.11. The maximum atomic E-state index is 13.9. The molecule has 19 heavy (non-hydrogen) atoms. The lowest BCUT2D eigenvalue weighted by atomic mass is 10.0. The van der Waals surface area contributed by atoms with Crippen LogP contribution in [0.5, 0.6) is 5.75 Å². The molecular formula is C14H12FNO3. The Hall–Kier alpha value is -2.56. The first-order chi connectivity index (χ1) is 9.02. The van der Waals surface area contributed by atoms with Crippen LogP contribution in [0.2, 0.25) is 0 Å². The molecule has 0 fully saturated rings. The summed E-state index contributed by atoms with van der Waals surface area (Å²) >= 11 is 0. The molecule has 0 aliphatic heterocycles. The van der Waals surface area contributed by atoms with Crippen LogP contribution in [-0.2, 0) is 0 Å². The molecule has 98 valence electrons. The minimum Gasteiger partial charge on any atom is -0.497 e. The molecule has 0 heterocycles. The summed E-state index contributed by atoms with van der Waals surface area (Å²) in [6.07, 6.45) is 0. The summed E-state index contributed by atoms with van der Waals surface area (Å²) in [7, 11) is 1.45. The van der Waals surface area contributed by atoms with Gasteiger partial charge in [-0.05, 0) is 29.8 Å². The SMILES string of the molecule is COc1ccc(-c2ccc(C(=O)O)c(N)c2)c(F)c1. The molecule has 0 aliphatic carbocycles. The fourth-order valence-electron chi connectivity index (χ4n) is 1.78. The number of carboxylic acid groups (broad SMARTS) is 1. The van der Waals surface area contributed by atoms with E-state index < -0.39 is 11.8 Å². The van der Waals surface area contributed by atoms with E-state index in [0.29, 0.717) is 16.9 Å². The summed E-state index contributed by atoms with van der Waals surface area (Å²) in [5.41, 5.74) is 6.59. The number of carboxylic acids is 1. The summed E-state index contributed by atoms with van der Waals surface area (Å²) in [5.74, 6) is -1.16. The molecule has 0 saturated heterocycles. The van der Waals surface area contributed by atoms with Crippen LogP contribution < -0.4 is 10.5 Å². The average Bonchev–Trinajstić information content (AvgIpc) is 2.37. The van der Waals surface area contributed by atoms with Gasteiger partial charge in [0.25, 0.3) is 0 Å². The number of rotatable bonds is 3. The number of anilines is 1. The number of ether oxygens (including phenoxy) is 1. The Bertz CT molecular complexity index is 641. The van der Waals surface area contributed by atoms with E-state index in [1.54, 1.807) is 12.1 Å². The molecule has 0 radical (unpaired) electrons. The summed E-state index contributed by atoms with van der Waals surface area (Å²) < 4.78 is 18.8. The third-order valence-electron chi connectivity index (χ3n) is 2.77. The van der Waals surface area contributed by atoms with Crippen molar-refractivity contribution in [3.05, 3.63) is 47.8 Å². The van der Waals surface area contributed by atoms with E-state index in [1.165, 1.54) is 31.4 Å². The van der Waals surface area contributed by atoms with Crippen molar-refractivity contribution in [2.24, 2.45) is 0 Å². The Kier molecular flexibility index (Phi) is 3.37. The van der Waals surface area contributed by atoms with Gasteiger partial charge in [-0.1, -0.05) is 6.07 Å². The molecule has 5 heteroatoms. The highest BCUT2D eigenvalue weighted by Crippen LogP contribution is 2.28. The molecule has 0 aliphatic rings. The number of nitrogens with two attached hydrogens (primary N) is 1. The first-order valence-corrected chi connectivity index (χ1v) is 5.49. The van der Waals surface area contributed by atoms with Crippen molar-refractivity contribution >= 4 is 11.7 Å². The van der Waals surface area contributed by atoms with Crippen LogP contribution in [0.4, 0.5) is 10.1 Å². The smallest absolute Gasteiger partial charge is 0.337 e. The average molecular weight is 261 g/mol. The fourth-order valence-corrected chi connectivity index (χ4v) is 1.78. The lowest BCUT2D eigenvalue weighted by Gasteiger charge is -2.08. The number of carbonyl (C=O) groups is 1. The Morgan fingerprint density at radius 1 is 1.26 bits per heavy atom. The predicted octanol–water partition coefficient (Wildman–Crippen LogP) is 2.78. The zero-order valence-corrected chi connectivity index (χ0v) is 10.2. The van der Waals surface area contributed by atoms with Crippen LogP contribution in [0.15, 0.2) is 36.4 Å². The van der Waals surface area contributed by atoms with Gasteiger partial charge in [0.05, 0.1) is 12.7 Å². The Balaban J connectivity index is 2.48. The highest BCUT2D eigenvalue weighted by Gasteiger charge is 2.11. The largest absolute Gasteiger partial charge is 0.497 e. The summed E-state index contributed by atoms with van der Waals surface area (Å²) in [4.78, 5) is 10.8. The van der Waals surface area contributed by atoms with Crippen molar-refractivity contribution in [2.75, 3.05) is 12.8 Å². The van der Waals surface area contributed by atoms with Gasteiger partial charge in [-0.2, -0.15) is 0 Å². The number of halogens is 1. The van der Waals surface area contributed by atoms with Crippen molar-refractivity contribution < 1.29 is 19.0 Å². The number of methoxy groups -OCH3 is 1. The van der Waals surface area contributed by atoms with Crippen LogP contribution in [0, 0.1) is 5.82 Å². The topological polar surface area (TPSA) is 72.5 Å². The first kappa shape index (κ1) is 12.9. The van der Waals surface area contributed by atoms with Crippen LogP contribution in [0.25, 0.3) is 11.1 Å². The molecule has 0 spiro atoms. The van der Waals surface area contributed by atoms with Gasteiger partial charge in [0, 0.05) is 17.3 Å². The van der Waals surface area contributed by atoms with E-state index in [0.717, 1.165) is 0 Å². The second-order valence-electron chi connectivity index (χ2n) is 3.95. The maximum absolute atomic E-state index is 13.9. The van der Waals surface area contributed by atoms with Crippen molar-refractivity contribution in [3.63, 3.8) is 0 Å². The molecule has 0 atom stereocenters. The van der Waals surface area contributed by atoms with Crippen LogP contribution in [-0.4, -0.2) is 18.2 Å². The Morgan fingerprint density at radius 2 is 2.00 bits per heavy atom. The molecule has 0 unspecified atom stereocenters. The summed E-state index contributed by atoms with van der Waals surface area (Å²) in [6.45, 7) is 0. The highest BCUT2D eigenvalue weighted by atomic mass is 19.1.